The number of H-pyrrole nitrogens is 1. The SMILES string of the molecule is CSC(=Nc1ccc2ccc(=O)[nH]c2c1)NC#N. The van der Waals surface area contributed by atoms with Crippen LogP contribution in [0.5, 0.6) is 0 Å². The Balaban J connectivity index is 2.47. The summed E-state index contributed by atoms with van der Waals surface area (Å²) in [6.45, 7) is 0. The van der Waals surface area contributed by atoms with Crippen molar-refractivity contribution in [2.75, 3.05) is 6.26 Å². The first-order valence-electron chi connectivity index (χ1n) is 5.14. The van der Waals surface area contributed by atoms with Gasteiger partial charge in [-0.15, -0.1) is 0 Å². The number of nitrogens with one attached hydrogen (secondary N) is 2. The van der Waals surface area contributed by atoms with Crippen molar-refractivity contribution in [2.45, 2.75) is 0 Å². The van der Waals surface area contributed by atoms with Crippen LogP contribution in [0.1, 0.15) is 0 Å². The third-order valence-corrected chi connectivity index (χ3v) is 2.88. The van der Waals surface area contributed by atoms with Gasteiger partial charge in [0.05, 0.1) is 11.2 Å². The van der Waals surface area contributed by atoms with Gasteiger partial charge in [0.15, 0.2) is 11.4 Å². The molecule has 0 aliphatic carbocycles. The van der Waals surface area contributed by atoms with E-state index in [1.807, 2.05) is 24.6 Å². The number of hydrogen-bond acceptors (Lipinski definition) is 4. The van der Waals surface area contributed by atoms with E-state index in [-0.39, 0.29) is 5.56 Å². The van der Waals surface area contributed by atoms with Crippen LogP contribution in [0.3, 0.4) is 0 Å². The molecule has 0 spiro atoms. The zero-order chi connectivity index (χ0) is 13.0. The monoisotopic (exact) mass is 258 g/mol. The summed E-state index contributed by atoms with van der Waals surface area (Å²) < 4.78 is 0. The topological polar surface area (TPSA) is 81.0 Å². The van der Waals surface area contributed by atoms with E-state index in [4.69, 9.17) is 5.26 Å². The van der Waals surface area contributed by atoms with Crippen molar-refractivity contribution in [3.8, 4) is 6.19 Å². The van der Waals surface area contributed by atoms with Crippen molar-refractivity contribution in [1.82, 2.24) is 10.3 Å². The number of nitrogens with zero attached hydrogens (tertiary/aromatic N) is 2. The molecule has 0 radical (unpaired) electrons. The molecule has 1 aromatic carbocycles. The zero-order valence-electron chi connectivity index (χ0n) is 9.60. The Morgan fingerprint density at radius 2 is 2.22 bits per heavy atom. The minimum atomic E-state index is -0.149. The summed E-state index contributed by atoms with van der Waals surface area (Å²) in [5.74, 6) is 0. The van der Waals surface area contributed by atoms with Crippen LogP contribution in [-0.4, -0.2) is 16.4 Å². The van der Waals surface area contributed by atoms with E-state index in [2.05, 4.69) is 15.3 Å². The van der Waals surface area contributed by atoms with Gasteiger partial charge in [-0.25, -0.2) is 4.99 Å². The minimum Gasteiger partial charge on any atom is -0.322 e. The summed E-state index contributed by atoms with van der Waals surface area (Å²) in [5, 5.41) is 12.5. The maximum absolute atomic E-state index is 11.2. The molecule has 0 bridgehead atoms. The molecule has 18 heavy (non-hydrogen) atoms. The standard InChI is InChI=1S/C12H10N4OS/c1-18-12(14-7-13)15-9-4-2-8-3-5-11(17)16-10(8)6-9/h2-6H,1H3,(H,14,15)(H,16,17). The minimum absolute atomic E-state index is 0.149. The number of pyridine rings is 1. The van der Waals surface area contributed by atoms with Crippen molar-refractivity contribution in [3.63, 3.8) is 0 Å². The smallest absolute Gasteiger partial charge is 0.248 e. The van der Waals surface area contributed by atoms with Gasteiger partial charge in [-0.1, -0.05) is 17.8 Å². The van der Waals surface area contributed by atoms with Gasteiger partial charge in [0.25, 0.3) is 0 Å². The number of hydrogen-bond donors (Lipinski definition) is 2. The lowest BCUT2D eigenvalue weighted by Crippen LogP contribution is -2.12. The first kappa shape index (κ1) is 12.2. The summed E-state index contributed by atoms with van der Waals surface area (Å²) in [5.41, 5.74) is 1.25. The highest BCUT2D eigenvalue weighted by Gasteiger charge is 1.99. The van der Waals surface area contributed by atoms with E-state index in [1.165, 1.54) is 17.8 Å². The molecule has 90 valence electrons. The molecule has 6 heteroatoms. The number of aromatic nitrogens is 1. The van der Waals surface area contributed by atoms with Gasteiger partial charge in [-0.05, 0) is 29.8 Å². The van der Waals surface area contributed by atoms with Crippen LogP contribution < -0.4 is 10.9 Å². The average molecular weight is 258 g/mol. The van der Waals surface area contributed by atoms with Crippen molar-refractivity contribution < 1.29 is 0 Å². The van der Waals surface area contributed by atoms with Gasteiger partial charge < -0.3 is 4.98 Å². The van der Waals surface area contributed by atoms with E-state index in [9.17, 15) is 4.79 Å². The normalized spacial score (nSPS) is 11.2. The quantitative estimate of drug-likeness (QED) is 0.354. The number of thioether (sulfide) groups is 1. The van der Waals surface area contributed by atoms with Crippen molar-refractivity contribution >= 4 is 33.5 Å². The molecule has 0 saturated carbocycles. The van der Waals surface area contributed by atoms with Gasteiger partial charge >= 0.3 is 0 Å². The second-order valence-corrected chi connectivity index (χ2v) is 4.25. The number of amidine groups is 1. The molecular formula is C12H10N4OS. The first-order chi connectivity index (χ1) is 8.72. The fourth-order valence-electron chi connectivity index (χ4n) is 1.50. The first-order valence-corrected chi connectivity index (χ1v) is 6.36. The summed E-state index contributed by atoms with van der Waals surface area (Å²) in [4.78, 5) is 18.2. The number of fused-ring (bicyclic) bond motifs is 1. The van der Waals surface area contributed by atoms with Gasteiger partial charge in [-0.3, -0.25) is 10.1 Å². The van der Waals surface area contributed by atoms with Crippen LogP contribution in [0.25, 0.3) is 10.9 Å². The lowest BCUT2D eigenvalue weighted by Gasteiger charge is -2.01. The summed E-state index contributed by atoms with van der Waals surface area (Å²) in [7, 11) is 0. The molecule has 0 fully saturated rings. The largest absolute Gasteiger partial charge is 0.322 e. The number of aliphatic imine (C=N–C) groups is 1. The van der Waals surface area contributed by atoms with Crippen molar-refractivity contribution in [2.24, 2.45) is 4.99 Å². The lowest BCUT2D eigenvalue weighted by molar-refractivity contribution is 1.27. The molecule has 1 aromatic heterocycles. The maximum atomic E-state index is 11.2. The van der Waals surface area contributed by atoms with Crippen molar-refractivity contribution in [3.05, 3.63) is 40.7 Å². The molecule has 0 aliphatic heterocycles. The third-order valence-electron chi connectivity index (χ3n) is 2.30. The molecule has 0 atom stereocenters. The maximum Gasteiger partial charge on any atom is 0.248 e. The molecule has 2 aromatic rings. The molecular weight excluding hydrogens is 248 g/mol. The predicted octanol–water partition coefficient (Wildman–Crippen LogP) is 1.95. The van der Waals surface area contributed by atoms with Crippen molar-refractivity contribution in [1.29, 1.82) is 5.26 Å². The van der Waals surface area contributed by atoms with Crippen LogP contribution >= 0.6 is 11.8 Å². The number of nitriles is 1. The molecule has 0 saturated heterocycles. The van der Waals surface area contributed by atoms with Gasteiger partial charge in [-0.2, -0.15) is 5.26 Å². The van der Waals surface area contributed by atoms with Crippen LogP contribution in [0, 0.1) is 11.5 Å². The lowest BCUT2D eigenvalue weighted by atomic mass is 10.2. The number of benzene rings is 1. The van der Waals surface area contributed by atoms with E-state index < -0.39 is 0 Å². The molecule has 0 aliphatic rings. The summed E-state index contributed by atoms with van der Waals surface area (Å²) >= 11 is 1.34. The molecule has 0 unspecified atom stereocenters. The molecule has 2 rings (SSSR count). The Morgan fingerprint density at radius 3 is 2.94 bits per heavy atom. The van der Waals surface area contributed by atoms with Gasteiger partial charge in [0.1, 0.15) is 0 Å². The fourth-order valence-corrected chi connectivity index (χ4v) is 1.84. The van der Waals surface area contributed by atoms with E-state index in [0.717, 1.165) is 10.9 Å². The van der Waals surface area contributed by atoms with E-state index in [1.54, 1.807) is 12.1 Å². The molecule has 1 heterocycles. The second kappa shape index (κ2) is 5.38. The highest BCUT2D eigenvalue weighted by molar-refractivity contribution is 8.13. The second-order valence-electron chi connectivity index (χ2n) is 3.45. The number of rotatable bonds is 1. The Kier molecular flexibility index (Phi) is 3.65. The Hall–Kier alpha value is -2.26. The Morgan fingerprint density at radius 1 is 1.44 bits per heavy atom. The van der Waals surface area contributed by atoms with E-state index >= 15 is 0 Å². The Labute approximate surface area is 108 Å². The molecule has 2 N–H and O–H groups in total. The summed E-state index contributed by atoms with van der Waals surface area (Å²) in [6.07, 6.45) is 3.65. The molecule has 0 amide bonds. The highest BCUT2D eigenvalue weighted by atomic mass is 32.2. The summed E-state index contributed by atoms with van der Waals surface area (Å²) in [6, 6.07) is 8.71. The highest BCUT2D eigenvalue weighted by Crippen LogP contribution is 2.19. The third kappa shape index (κ3) is 2.70. The Bertz CT molecular complexity index is 699. The zero-order valence-corrected chi connectivity index (χ0v) is 10.4. The number of aromatic amines is 1. The average Bonchev–Trinajstić information content (AvgIpc) is 2.37. The van der Waals surface area contributed by atoms with E-state index in [0.29, 0.717) is 10.9 Å². The fraction of sp³-hybridized carbons (Fsp3) is 0.0833. The van der Waals surface area contributed by atoms with Crippen LogP contribution in [-0.2, 0) is 0 Å². The molecule has 5 nitrogen and oxygen atoms in total. The van der Waals surface area contributed by atoms with Crippen LogP contribution in [0.15, 0.2) is 40.1 Å². The van der Waals surface area contributed by atoms with Gasteiger partial charge in [0, 0.05) is 6.07 Å². The van der Waals surface area contributed by atoms with Gasteiger partial charge in [0.2, 0.25) is 5.56 Å². The van der Waals surface area contributed by atoms with Crippen LogP contribution in [0.2, 0.25) is 0 Å². The van der Waals surface area contributed by atoms with Crippen LogP contribution in [0.4, 0.5) is 5.69 Å². The predicted molar refractivity (Wildman–Crippen MR) is 73.9 cm³/mol.